The minimum absolute atomic E-state index is 0.262. The van der Waals surface area contributed by atoms with Crippen LogP contribution in [-0.2, 0) is 0 Å². The molecule has 0 aliphatic heterocycles. The molecule has 2 aliphatic rings. The van der Waals surface area contributed by atoms with Crippen molar-refractivity contribution in [1.29, 1.82) is 0 Å². The topological polar surface area (TPSA) is 26.0 Å². The molecule has 2 bridgehead atoms. The molecular formula is C10H19N. The Kier molecular flexibility index (Phi) is 1.71. The molecule has 1 heteroatoms. The van der Waals surface area contributed by atoms with Crippen LogP contribution in [0.15, 0.2) is 0 Å². The van der Waals surface area contributed by atoms with Gasteiger partial charge in [0, 0.05) is 5.54 Å². The SMILES string of the molecule is CCCC1(N)CC2CCC1C2. The van der Waals surface area contributed by atoms with Gasteiger partial charge in [-0.3, -0.25) is 0 Å². The molecule has 2 aliphatic carbocycles. The van der Waals surface area contributed by atoms with E-state index >= 15 is 0 Å². The average Bonchev–Trinajstić information content (AvgIpc) is 2.45. The Bertz CT molecular complexity index is 155. The Morgan fingerprint density at radius 3 is 2.73 bits per heavy atom. The van der Waals surface area contributed by atoms with Crippen LogP contribution >= 0.6 is 0 Å². The van der Waals surface area contributed by atoms with E-state index in [9.17, 15) is 0 Å². The highest BCUT2D eigenvalue weighted by atomic mass is 14.8. The highest BCUT2D eigenvalue weighted by Crippen LogP contribution is 2.51. The van der Waals surface area contributed by atoms with Gasteiger partial charge in [0.15, 0.2) is 0 Å². The fourth-order valence-corrected chi connectivity index (χ4v) is 3.26. The highest BCUT2D eigenvalue weighted by Gasteiger charge is 2.47. The van der Waals surface area contributed by atoms with Gasteiger partial charge >= 0.3 is 0 Å². The summed E-state index contributed by atoms with van der Waals surface area (Å²) in [6.45, 7) is 2.25. The fraction of sp³-hybridized carbons (Fsp3) is 1.00. The van der Waals surface area contributed by atoms with Crippen LogP contribution in [0.5, 0.6) is 0 Å². The second kappa shape index (κ2) is 2.48. The summed E-state index contributed by atoms with van der Waals surface area (Å²) in [4.78, 5) is 0. The lowest BCUT2D eigenvalue weighted by atomic mass is 9.79. The van der Waals surface area contributed by atoms with Crippen molar-refractivity contribution in [1.82, 2.24) is 0 Å². The van der Waals surface area contributed by atoms with Crippen molar-refractivity contribution in [3.05, 3.63) is 0 Å². The second-order valence-electron chi connectivity index (χ2n) is 4.56. The van der Waals surface area contributed by atoms with Gasteiger partial charge in [0.2, 0.25) is 0 Å². The summed E-state index contributed by atoms with van der Waals surface area (Å²) >= 11 is 0. The molecule has 2 rings (SSSR count). The number of hydrogen-bond acceptors (Lipinski definition) is 1. The number of hydrogen-bond donors (Lipinski definition) is 1. The zero-order chi connectivity index (χ0) is 7.90. The van der Waals surface area contributed by atoms with Crippen molar-refractivity contribution < 1.29 is 0 Å². The molecule has 0 amide bonds. The third-order valence-electron chi connectivity index (χ3n) is 3.74. The van der Waals surface area contributed by atoms with E-state index in [0.717, 1.165) is 11.8 Å². The average molecular weight is 153 g/mol. The van der Waals surface area contributed by atoms with Gasteiger partial charge < -0.3 is 5.73 Å². The summed E-state index contributed by atoms with van der Waals surface area (Å²) in [5.74, 6) is 1.88. The van der Waals surface area contributed by atoms with Crippen LogP contribution in [-0.4, -0.2) is 5.54 Å². The van der Waals surface area contributed by atoms with Crippen molar-refractivity contribution in [2.45, 2.75) is 51.0 Å². The third kappa shape index (κ3) is 1.10. The lowest BCUT2D eigenvalue weighted by molar-refractivity contribution is 0.252. The van der Waals surface area contributed by atoms with Gasteiger partial charge in [0.1, 0.15) is 0 Å². The van der Waals surface area contributed by atoms with E-state index in [-0.39, 0.29) is 5.54 Å². The predicted octanol–water partition coefficient (Wildman–Crippen LogP) is 2.30. The van der Waals surface area contributed by atoms with Crippen molar-refractivity contribution in [3.63, 3.8) is 0 Å². The molecule has 64 valence electrons. The summed E-state index contributed by atoms with van der Waals surface area (Å²) in [6.07, 6.45) is 8.17. The van der Waals surface area contributed by atoms with Gasteiger partial charge in [-0.05, 0) is 37.5 Å². The molecule has 3 unspecified atom stereocenters. The monoisotopic (exact) mass is 153 g/mol. The van der Waals surface area contributed by atoms with E-state index in [1.54, 1.807) is 0 Å². The summed E-state index contributed by atoms with van der Waals surface area (Å²) < 4.78 is 0. The summed E-state index contributed by atoms with van der Waals surface area (Å²) in [7, 11) is 0. The molecule has 11 heavy (non-hydrogen) atoms. The Hall–Kier alpha value is -0.0400. The second-order valence-corrected chi connectivity index (χ2v) is 4.56. The molecule has 2 saturated carbocycles. The zero-order valence-corrected chi connectivity index (χ0v) is 7.47. The summed E-state index contributed by atoms with van der Waals surface area (Å²) in [5, 5.41) is 0. The Morgan fingerprint density at radius 2 is 2.27 bits per heavy atom. The van der Waals surface area contributed by atoms with Crippen LogP contribution in [0.3, 0.4) is 0 Å². The maximum absolute atomic E-state index is 6.35. The molecule has 2 N–H and O–H groups in total. The van der Waals surface area contributed by atoms with Crippen molar-refractivity contribution in [2.24, 2.45) is 17.6 Å². The molecule has 0 aromatic rings. The molecule has 3 atom stereocenters. The Morgan fingerprint density at radius 1 is 1.45 bits per heavy atom. The van der Waals surface area contributed by atoms with Gasteiger partial charge in [-0.1, -0.05) is 19.8 Å². The standard InChI is InChI=1S/C10H19N/c1-2-5-10(11)7-8-3-4-9(10)6-8/h8-9H,2-7,11H2,1H3. The highest BCUT2D eigenvalue weighted by molar-refractivity contribution is 5.03. The Balaban J connectivity index is 2.04. The molecule has 0 radical (unpaired) electrons. The van der Waals surface area contributed by atoms with Gasteiger partial charge in [-0.15, -0.1) is 0 Å². The minimum atomic E-state index is 0.262. The molecule has 0 spiro atoms. The van der Waals surface area contributed by atoms with Crippen molar-refractivity contribution in [2.75, 3.05) is 0 Å². The van der Waals surface area contributed by atoms with E-state index in [1.165, 1.54) is 38.5 Å². The molecule has 0 heterocycles. The lowest BCUT2D eigenvalue weighted by Crippen LogP contribution is -2.44. The van der Waals surface area contributed by atoms with E-state index < -0.39 is 0 Å². The first-order valence-corrected chi connectivity index (χ1v) is 5.03. The van der Waals surface area contributed by atoms with Gasteiger partial charge in [-0.2, -0.15) is 0 Å². The summed E-state index contributed by atoms with van der Waals surface area (Å²) in [6, 6.07) is 0. The van der Waals surface area contributed by atoms with E-state index in [2.05, 4.69) is 6.92 Å². The maximum Gasteiger partial charge on any atom is 0.0185 e. The molecule has 1 nitrogen and oxygen atoms in total. The number of fused-ring (bicyclic) bond motifs is 2. The number of rotatable bonds is 2. The number of nitrogens with two attached hydrogens (primary N) is 1. The quantitative estimate of drug-likeness (QED) is 0.647. The van der Waals surface area contributed by atoms with Gasteiger partial charge in [-0.25, -0.2) is 0 Å². The lowest BCUT2D eigenvalue weighted by Gasteiger charge is -2.33. The first-order chi connectivity index (χ1) is 5.24. The minimum Gasteiger partial charge on any atom is -0.325 e. The van der Waals surface area contributed by atoms with E-state index in [1.807, 2.05) is 0 Å². The van der Waals surface area contributed by atoms with Gasteiger partial charge in [0.25, 0.3) is 0 Å². The molecule has 0 aromatic heterocycles. The first kappa shape index (κ1) is 7.60. The fourth-order valence-electron chi connectivity index (χ4n) is 3.26. The Labute approximate surface area is 69.4 Å². The van der Waals surface area contributed by atoms with Crippen molar-refractivity contribution >= 4 is 0 Å². The van der Waals surface area contributed by atoms with Crippen molar-refractivity contribution in [3.8, 4) is 0 Å². The van der Waals surface area contributed by atoms with Crippen LogP contribution in [0.4, 0.5) is 0 Å². The molecule has 0 saturated heterocycles. The van der Waals surface area contributed by atoms with E-state index in [0.29, 0.717) is 0 Å². The third-order valence-corrected chi connectivity index (χ3v) is 3.74. The van der Waals surface area contributed by atoms with E-state index in [4.69, 9.17) is 5.73 Å². The predicted molar refractivity (Wildman–Crippen MR) is 47.3 cm³/mol. The van der Waals surface area contributed by atoms with Crippen LogP contribution in [0, 0.1) is 11.8 Å². The first-order valence-electron chi connectivity index (χ1n) is 5.03. The smallest absolute Gasteiger partial charge is 0.0185 e. The largest absolute Gasteiger partial charge is 0.325 e. The van der Waals surface area contributed by atoms with Crippen LogP contribution in [0.2, 0.25) is 0 Å². The van der Waals surface area contributed by atoms with Crippen LogP contribution in [0.25, 0.3) is 0 Å². The maximum atomic E-state index is 6.35. The normalized spacial score (nSPS) is 48.5. The summed E-state index contributed by atoms with van der Waals surface area (Å²) in [5.41, 5.74) is 6.62. The molecule has 2 fully saturated rings. The van der Waals surface area contributed by atoms with Crippen LogP contribution < -0.4 is 5.73 Å². The molecular weight excluding hydrogens is 134 g/mol. The zero-order valence-electron chi connectivity index (χ0n) is 7.47. The molecule has 0 aromatic carbocycles. The van der Waals surface area contributed by atoms with Crippen LogP contribution in [0.1, 0.15) is 45.4 Å². The van der Waals surface area contributed by atoms with Gasteiger partial charge in [0.05, 0.1) is 0 Å².